The van der Waals surface area contributed by atoms with Crippen molar-refractivity contribution in [2.45, 2.75) is 110 Å². The van der Waals surface area contributed by atoms with E-state index in [4.69, 9.17) is 0 Å². The SMILES string of the molecule is CCCCCCCCCCCCCCCCCCNc1ccccc1B(c1ccccc1)c1ccccc1. The van der Waals surface area contributed by atoms with Gasteiger partial charge in [-0.1, -0.05) is 193 Å². The molecule has 1 nitrogen and oxygen atoms in total. The molecule has 0 saturated heterocycles. The number of benzene rings is 3. The molecule has 0 heterocycles. The number of rotatable bonds is 21. The van der Waals surface area contributed by atoms with E-state index in [1.54, 1.807) is 0 Å². The largest absolute Gasteiger partial charge is 0.385 e. The van der Waals surface area contributed by atoms with Crippen LogP contribution in [-0.4, -0.2) is 13.3 Å². The van der Waals surface area contributed by atoms with Crippen molar-refractivity contribution in [3.05, 3.63) is 84.9 Å². The van der Waals surface area contributed by atoms with Gasteiger partial charge in [-0.2, -0.15) is 0 Å². The fourth-order valence-corrected chi connectivity index (χ4v) is 5.65. The van der Waals surface area contributed by atoms with Crippen LogP contribution in [0.1, 0.15) is 110 Å². The fraction of sp³-hybridized carbons (Fsp3) is 0.500. The summed E-state index contributed by atoms with van der Waals surface area (Å²) < 4.78 is 0. The highest BCUT2D eigenvalue weighted by Gasteiger charge is 2.23. The molecule has 0 fully saturated rings. The molecule has 0 aromatic heterocycles. The molecule has 0 aliphatic heterocycles. The molecular weight excluding hydrogens is 457 g/mol. The molecule has 3 aromatic rings. The Balaban J connectivity index is 1.30. The average Bonchev–Trinajstić information content (AvgIpc) is 2.97. The minimum atomic E-state index is 0.242. The lowest BCUT2D eigenvalue weighted by Gasteiger charge is -2.20. The summed E-state index contributed by atoms with van der Waals surface area (Å²) in [5, 5.41) is 3.78. The smallest absolute Gasteiger partial charge is 0.243 e. The molecule has 0 amide bonds. The van der Waals surface area contributed by atoms with Crippen molar-refractivity contribution in [3.63, 3.8) is 0 Å². The Hall–Kier alpha value is -2.48. The van der Waals surface area contributed by atoms with Gasteiger partial charge in [-0.05, 0) is 17.9 Å². The topological polar surface area (TPSA) is 12.0 Å². The number of nitrogens with one attached hydrogen (secondary N) is 1. The van der Waals surface area contributed by atoms with Gasteiger partial charge < -0.3 is 5.32 Å². The van der Waals surface area contributed by atoms with Gasteiger partial charge in [0.2, 0.25) is 6.71 Å². The van der Waals surface area contributed by atoms with Crippen molar-refractivity contribution in [3.8, 4) is 0 Å². The second-order valence-corrected chi connectivity index (χ2v) is 11.1. The first-order chi connectivity index (χ1) is 18.9. The van der Waals surface area contributed by atoms with E-state index >= 15 is 0 Å². The minimum Gasteiger partial charge on any atom is -0.385 e. The Bertz CT molecular complexity index is 916. The zero-order valence-electron chi connectivity index (χ0n) is 24.2. The van der Waals surface area contributed by atoms with Gasteiger partial charge in [0.1, 0.15) is 0 Å². The minimum absolute atomic E-state index is 0.242. The molecule has 0 unspecified atom stereocenters. The highest BCUT2D eigenvalue weighted by atomic mass is 14.9. The third kappa shape index (κ3) is 11.5. The molecule has 0 aliphatic carbocycles. The molecule has 1 N–H and O–H groups in total. The van der Waals surface area contributed by atoms with Crippen LogP contribution in [0.4, 0.5) is 5.69 Å². The van der Waals surface area contributed by atoms with Gasteiger partial charge in [-0.15, -0.1) is 0 Å². The molecule has 0 atom stereocenters. The highest BCUT2D eigenvalue weighted by Crippen LogP contribution is 2.14. The quantitative estimate of drug-likeness (QED) is 0.112. The zero-order valence-corrected chi connectivity index (χ0v) is 24.2. The number of unbranched alkanes of at least 4 members (excludes halogenated alkanes) is 15. The number of anilines is 1. The maximum Gasteiger partial charge on any atom is 0.243 e. The summed E-state index contributed by atoms with van der Waals surface area (Å²) in [6.07, 6.45) is 22.6. The van der Waals surface area contributed by atoms with Gasteiger partial charge in [0.25, 0.3) is 0 Å². The van der Waals surface area contributed by atoms with Gasteiger partial charge >= 0.3 is 0 Å². The summed E-state index contributed by atoms with van der Waals surface area (Å²) in [5.41, 5.74) is 5.32. The van der Waals surface area contributed by atoms with E-state index in [1.807, 2.05) is 0 Å². The van der Waals surface area contributed by atoms with E-state index in [0.717, 1.165) is 6.54 Å². The van der Waals surface area contributed by atoms with Crippen molar-refractivity contribution in [2.24, 2.45) is 0 Å². The van der Waals surface area contributed by atoms with Crippen molar-refractivity contribution in [1.29, 1.82) is 0 Å². The summed E-state index contributed by atoms with van der Waals surface area (Å²) >= 11 is 0. The summed E-state index contributed by atoms with van der Waals surface area (Å²) in [6.45, 7) is 3.59. The van der Waals surface area contributed by atoms with E-state index < -0.39 is 0 Å². The highest BCUT2D eigenvalue weighted by molar-refractivity contribution is 6.96. The second kappa shape index (κ2) is 19.6. The Morgan fingerprint density at radius 2 is 0.842 bits per heavy atom. The van der Waals surface area contributed by atoms with Gasteiger partial charge in [-0.3, -0.25) is 0 Å². The lowest BCUT2D eigenvalue weighted by molar-refractivity contribution is 0.530. The van der Waals surface area contributed by atoms with Crippen molar-refractivity contribution >= 4 is 28.8 Å². The maximum absolute atomic E-state index is 3.78. The van der Waals surface area contributed by atoms with Gasteiger partial charge in [0.05, 0.1) is 0 Å². The number of hydrogen-bond acceptors (Lipinski definition) is 1. The molecular formula is C36H52BN. The molecule has 0 bridgehead atoms. The van der Waals surface area contributed by atoms with Crippen molar-refractivity contribution in [2.75, 3.05) is 11.9 Å². The van der Waals surface area contributed by atoms with E-state index in [-0.39, 0.29) is 6.71 Å². The average molecular weight is 510 g/mol. The summed E-state index contributed by atoms with van der Waals surface area (Å²) in [6, 6.07) is 30.7. The predicted molar refractivity (Wildman–Crippen MR) is 172 cm³/mol. The predicted octanol–water partition coefficient (Wildman–Crippen LogP) is 8.88. The fourth-order valence-electron chi connectivity index (χ4n) is 5.65. The van der Waals surface area contributed by atoms with E-state index in [2.05, 4.69) is 97.2 Å². The molecule has 2 heteroatoms. The van der Waals surface area contributed by atoms with Crippen LogP contribution in [0.5, 0.6) is 0 Å². The van der Waals surface area contributed by atoms with Gasteiger partial charge in [-0.25, -0.2) is 0 Å². The first kappa shape index (κ1) is 30.1. The third-order valence-electron chi connectivity index (χ3n) is 7.88. The van der Waals surface area contributed by atoms with Crippen LogP contribution in [-0.2, 0) is 0 Å². The molecule has 0 saturated carbocycles. The maximum atomic E-state index is 3.78. The van der Waals surface area contributed by atoms with Crippen LogP contribution in [0, 0.1) is 0 Å². The summed E-state index contributed by atoms with van der Waals surface area (Å²) in [7, 11) is 0. The normalized spacial score (nSPS) is 11.0. The summed E-state index contributed by atoms with van der Waals surface area (Å²) in [5.74, 6) is 0. The monoisotopic (exact) mass is 509 g/mol. The molecule has 3 aromatic carbocycles. The molecule has 204 valence electrons. The van der Waals surface area contributed by atoms with Crippen LogP contribution < -0.4 is 21.7 Å². The Morgan fingerprint density at radius 3 is 1.32 bits per heavy atom. The van der Waals surface area contributed by atoms with Crippen molar-refractivity contribution < 1.29 is 0 Å². The van der Waals surface area contributed by atoms with Crippen LogP contribution in [0.3, 0.4) is 0 Å². The van der Waals surface area contributed by atoms with Gasteiger partial charge in [0, 0.05) is 12.2 Å². The van der Waals surface area contributed by atoms with Crippen LogP contribution >= 0.6 is 0 Å². The lowest BCUT2D eigenvalue weighted by atomic mass is 9.36. The number of para-hydroxylation sites is 1. The Morgan fingerprint density at radius 1 is 0.447 bits per heavy atom. The van der Waals surface area contributed by atoms with Crippen LogP contribution in [0.25, 0.3) is 0 Å². The molecule has 0 radical (unpaired) electrons. The lowest BCUT2D eigenvalue weighted by Crippen LogP contribution is -2.52. The third-order valence-corrected chi connectivity index (χ3v) is 7.88. The van der Waals surface area contributed by atoms with Crippen LogP contribution in [0.15, 0.2) is 84.9 Å². The number of hydrogen-bond donors (Lipinski definition) is 1. The van der Waals surface area contributed by atoms with E-state index in [1.165, 1.54) is 125 Å². The van der Waals surface area contributed by atoms with E-state index in [9.17, 15) is 0 Å². The zero-order chi connectivity index (χ0) is 26.5. The Labute approximate surface area is 234 Å². The van der Waals surface area contributed by atoms with E-state index in [0.29, 0.717) is 0 Å². The standard InChI is InChI=1S/C36H52BN/c1-2-3-4-5-6-7-8-9-10-11-12-13-14-15-16-25-32-38-36-31-24-23-30-35(36)37(33-26-19-17-20-27-33)34-28-21-18-22-29-34/h17-24,26-31,38H,2-16,25,32H2,1H3. The molecule has 0 aliphatic rings. The first-order valence-electron chi connectivity index (χ1n) is 15.8. The van der Waals surface area contributed by atoms with Crippen molar-refractivity contribution in [1.82, 2.24) is 0 Å². The first-order valence-corrected chi connectivity index (χ1v) is 15.8. The second-order valence-electron chi connectivity index (χ2n) is 11.1. The van der Waals surface area contributed by atoms with Crippen LogP contribution in [0.2, 0.25) is 0 Å². The molecule has 3 rings (SSSR count). The molecule has 38 heavy (non-hydrogen) atoms. The Kier molecular flexibility index (Phi) is 15.5. The molecule has 0 spiro atoms. The van der Waals surface area contributed by atoms with Gasteiger partial charge in [0.15, 0.2) is 0 Å². The summed E-state index contributed by atoms with van der Waals surface area (Å²) in [4.78, 5) is 0.